The number of fused-ring (bicyclic) bond motifs is 5. The van der Waals surface area contributed by atoms with E-state index in [1.165, 1.54) is 37.7 Å². The van der Waals surface area contributed by atoms with Crippen LogP contribution in [0.2, 0.25) is 0 Å². The standard InChI is InChI=1S/C24H34O2/c1-3-4-5-6-15-26-18-8-10-19-17(16-18)7-9-21-20(19)13-14-24(2)22(21)11-12-23(24)25/h8,10,16,20-22H,3-7,9,11-15H2,1-2H3/t20-,21+,22+,24-/m0/s1. The van der Waals surface area contributed by atoms with Crippen LogP contribution in [0.5, 0.6) is 5.75 Å². The minimum absolute atomic E-state index is 0.0137. The molecule has 0 heterocycles. The molecule has 2 nitrogen and oxygen atoms in total. The molecule has 26 heavy (non-hydrogen) atoms. The Bertz CT molecular complexity index is 664. The average Bonchev–Trinajstić information content (AvgIpc) is 2.96. The molecule has 0 unspecified atom stereocenters. The van der Waals surface area contributed by atoms with Gasteiger partial charge in [0.05, 0.1) is 6.61 Å². The number of unbranched alkanes of at least 4 members (excludes halogenated alkanes) is 3. The van der Waals surface area contributed by atoms with Crippen LogP contribution in [0.15, 0.2) is 18.2 Å². The van der Waals surface area contributed by atoms with Gasteiger partial charge < -0.3 is 4.74 Å². The third-order valence-corrected chi connectivity index (χ3v) is 7.67. The third kappa shape index (κ3) is 3.10. The maximum atomic E-state index is 12.4. The van der Waals surface area contributed by atoms with Crippen LogP contribution in [-0.4, -0.2) is 12.4 Å². The Hall–Kier alpha value is -1.31. The second kappa shape index (κ2) is 7.37. The Balaban J connectivity index is 1.45. The molecule has 2 saturated carbocycles. The van der Waals surface area contributed by atoms with Crippen molar-refractivity contribution in [3.05, 3.63) is 29.3 Å². The summed E-state index contributed by atoms with van der Waals surface area (Å²) in [6.45, 7) is 5.34. The highest BCUT2D eigenvalue weighted by Crippen LogP contribution is 2.59. The molecule has 0 spiro atoms. The highest BCUT2D eigenvalue weighted by Gasteiger charge is 2.54. The molecule has 2 heteroatoms. The molecule has 0 aliphatic heterocycles. The molecule has 0 bridgehead atoms. The fraction of sp³-hybridized carbons (Fsp3) is 0.708. The molecule has 1 aromatic rings. The molecule has 2 fully saturated rings. The van der Waals surface area contributed by atoms with Gasteiger partial charge in [0.2, 0.25) is 0 Å². The van der Waals surface area contributed by atoms with E-state index in [0.29, 0.717) is 23.5 Å². The van der Waals surface area contributed by atoms with E-state index in [1.807, 2.05) is 0 Å². The van der Waals surface area contributed by atoms with Gasteiger partial charge in [-0.2, -0.15) is 0 Å². The van der Waals surface area contributed by atoms with Gasteiger partial charge in [-0.25, -0.2) is 0 Å². The monoisotopic (exact) mass is 354 g/mol. The van der Waals surface area contributed by atoms with Gasteiger partial charge in [-0.05, 0) is 79.5 Å². The van der Waals surface area contributed by atoms with Crippen molar-refractivity contribution >= 4 is 5.78 Å². The van der Waals surface area contributed by atoms with Crippen molar-refractivity contribution in [1.29, 1.82) is 0 Å². The lowest BCUT2D eigenvalue weighted by atomic mass is 9.55. The van der Waals surface area contributed by atoms with Crippen molar-refractivity contribution in [2.45, 2.75) is 84.0 Å². The SMILES string of the molecule is CCCCCCOc1ccc2c(c1)CC[C@H]1[C@H]3CCC(=O)[C@@]3(C)CC[C@@H]21. The van der Waals surface area contributed by atoms with Crippen LogP contribution in [0.1, 0.15) is 88.7 Å². The third-order valence-electron chi connectivity index (χ3n) is 7.67. The largest absolute Gasteiger partial charge is 0.494 e. The highest BCUT2D eigenvalue weighted by atomic mass is 16.5. The number of benzene rings is 1. The predicted molar refractivity (Wildman–Crippen MR) is 106 cm³/mol. The first kappa shape index (κ1) is 18.1. The van der Waals surface area contributed by atoms with E-state index in [1.54, 1.807) is 5.56 Å². The molecule has 4 rings (SSSR count). The fourth-order valence-corrected chi connectivity index (χ4v) is 6.14. The first-order valence-corrected chi connectivity index (χ1v) is 10.9. The Kier molecular flexibility index (Phi) is 5.12. The van der Waals surface area contributed by atoms with Gasteiger partial charge in [0.1, 0.15) is 11.5 Å². The maximum Gasteiger partial charge on any atom is 0.139 e. The van der Waals surface area contributed by atoms with Gasteiger partial charge in [-0.15, -0.1) is 0 Å². The number of carbonyl (C=O) groups excluding carboxylic acids is 1. The van der Waals surface area contributed by atoms with Crippen LogP contribution in [0.25, 0.3) is 0 Å². The Morgan fingerprint density at radius 2 is 2.00 bits per heavy atom. The van der Waals surface area contributed by atoms with E-state index in [9.17, 15) is 4.79 Å². The van der Waals surface area contributed by atoms with Crippen molar-refractivity contribution in [2.24, 2.45) is 17.3 Å². The summed E-state index contributed by atoms with van der Waals surface area (Å²) in [5.74, 6) is 3.60. The van der Waals surface area contributed by atoms with Crippen LogP contribution in [-0.2, 0) is 11.2 Å². The van der Waals surface area contributed by atoms with Gasteiger partial charge in [-0.1, -0.05) is 39.2 Å². The number of carbonyl (C=O) groups is 1. The summed E-state index contributed by atoms with van der Waals surface area (Å²) in [5, 5.41) is 0. The normalized spacial score (nSPS) is 32.7. The van der Waals surface area contributed by atoms with Gasteiger partial charge in [0.15, 0.2) is 0 Å². The Labute approximate surface area is 158 Å². The van der Waals surface area contributed by atoms with Crippen LogP contribution in [0.4, 0.5) is 0 Å². The van der Waals surface area contributed by atoms with Crippen molar-refractivity contribution in [1.82, 2.24) is 0 Å². The van der Waals surface area contributed by atoms with Crippen molar-refractivity contribution in [3.63, 3.8) is 0 Å². The summed E-state index contributed by atoms with van der Waals surface area (Å²) in [6.07, 6.45) is 11.6. The maximum absolute atomic E-state index is 12.4. The molecule has 0 radical (unpaired) electrons. The van der Waals surface area contributed by atoms with Gasteiger partial charge in [0.25, 0.3) is 0 Å². The first-order chi connectivity index (χ1) is 12.6. The smallest absolute Gasteiger partial charge is 0.139 e. The zero-order valence-electron chi connectivity index (χ0n) is 16.6. The summed E-state index contributed by atoms with van der Waals surface area (Å²) in [5.41, 5.74) is 3.05. The second-order valence-electron chi connectivity index (χ2n) is 9.10. The van der Waals surface area contributed by atoms with Gasteiger partial charge >= 0.3 is 0 Å². The summed E-state index contributed by atoms with van der Waals surface area (Å²) in [4.78, 5) is 12.4. The van der Waals surface area contributed by atoms with Crippen LogP contribution in [0, 0.1) is 17.3 Å². The molecule has 4 atom stereocenters. The van der Waals surface area contributed by atoms with Gasteiger partial charge in [0, 0.05) is 11.8 Å². The molecule has 3 aliphatic carbocycles. The zero-order valence-corrected chi connectivity index (χ0v) is 16.6. The Morgan fingerprint density at radius 3 is 2.85 bits per heavy atom. The Morgan fingerprint density at radius 1 is 1.12 bits per heavy atom. The molecule has 142 valence electrons. The quantitative estimate of drug-likeness (QED) is 0.579. The lowest BCUT2D eigenvalue weighted by Crippen LogP contribution is -2.42. The summed E-state index contributed by atoms with van der Waals surface area (Å²) in [6, 6.07) is 6.83. The minimum atomic E-state index is -0.0137. The number of ether oxygens (including phenoxy) is 1. The van der Waals surface area contributed by atoms with Crippen molar-refractivity contribution in [3.8, 4) is 5.75 Å². The van der Waals surface area contributed by atoms with E-state index in [4.69, 9.17) is 4.74 Å². The van der Waals surface area contributed by atoms with E-state index < -0.39 is 0 Å². The van der Waals surface area contributed by atoms with Crippen molar-refractivity contribution in [2.75, 3.05) is 6.61 Å². The number of hydrogen-bond donors (Lipinski definition) is 0. The number of Topliss-reactive ketones (excluding diaryl/α,β-unsaturated/α-hetero) is 1. The molecule has 1 aromatic carbocycles. The molecule has 0 N–H and O–H groups in total. The summed E-state index contributed by atoms with van der Waals surface area (Å²) >= 11 is 0. The number of ketones is 1. The lowest BCUT2D eigenvalue weighted by molar-refractivity contribution is -0.129. The summed E-state index contributed by atoms with van der Waals surface area (Å²) in [7, 11) is 0. The first-order valence-electron chi connectivity index (χ1n) is 10.9. The molecule has 0 saturated heterocycles. The van der Waals surface area contributed by atoms with Crippen molar-refractivity contribution < 1.29 is 9.53 Å². The molecule has 3 aliphatic rings. The van der Waals surface area contributed by atoms with Gasteiger partial charge in [-0.3, -0.25) is 4.79 Å². The lowest BCUT2D eigenvalue weighted by Gasteiger charge is -2.48. The van der Waals surface area contributed by atoms with E-state index >= 15 is 0 Å². The van der Waals surface area contributed by atoms with E-state index in [-0.39, 0.29) is 5.41 Å². The molecular formula is C24H34O2. The average molecular weight is 355 g/mol. The molecule has 0 amide bonds. The van der Waals surface area contributed by atoms with Crippen LogP contribution in [0.3, 0.4) is 0 Å². The van der Waals surface area contributed by atoms with E-state index in [0.717, 1.165) is 44.5 Å². The topological polar surface area (TPSA) is 26.3 Å². The minimum Gasteiger partial charge on any atom is -0.494 e. The predicted octanol–water partition coefficient (Wildman–Crippen LogP) is 6.07. The second-order valence-corrected chi connectivity index (χ2v) is 9.10. The number of hydrogen-bond acceptors (Lipinski definition) is 2. The van der Waals surface area contributed by atoms with E-state index in [2.05, 4.69) is 32.0 Å². The van der Waals surface area contributed by atoms with Crippen LogP contribution >= 0.6 is 0 Å². The zero-order chi connectivity index (χ0) is 18.1. The van der Waals surface area contributed by atoms with Crippen LogP contribution < -0.4 is 4.74 Å². The number of rotatable bonds is 6. The highest BCUT2D eigenvalue weighted by molar-refractivity contribution is 5.87. The fourth-order valence-electron chi connectivity index (χ4n) is 6.14. The number of aryl methyl sites for hydroxylation is 1. The molecular weight excluding hydrogens is 320 g/mol. The summed E-state index contributed by atoms with van der Waals surface area (Å²) < 4.78 is 6.01. The molecule has 0 aromatic heterocycles.